The fourth-order valence-electron chi connectivity index (χ4n) is 4.43. The molecule has 2 aromatic heterocycles. The molecule has 2 N–H and O–H groups in total. The molecule has 2 aliphatic rings. The van der Waals surface area contributed by atoms with Gasteiger partial charge in [-0.1, -0.05) is 30.7 Å². The van der Waals surface area contributed by atoms with Gasteiger partial charge in [-0.05, 0) is 37.0 Å². The van der Waals surface area contributed by atoms with Crippen molar-refractivity contribution in [3.63, 3.8) is 0 Å². The van der Waals surface area contributed by atoms with Crippen molar-refractivity contribution in [1.29, 1.82) is 0 Å². The highest BCUT2D eigenvalue weighted by Crippen LogP contribution is 2.39. The first-order valence-electron chi connectivity index (χ1n) is 10.2. The Morgan fingerprint density at radius 2 is 1.93 bits per heavy atom. The van der Waals surface area contributed by atoms with Crippen LogP contribution >= 0.6 is 0 Å². The van der Waals surface area contributed by atoms with Gasteiger partial charge in [-0.15, -0.1) is 0 Å². The van der Waals surface area contributed by atoms with E-state index in [9.17, 15) is 19.2 Å². The minimum absolute atomic E-state index is 0.0253. The summed E-state index contributed by atoms with van der Waals surface area (Å²) < 4.78 is 16.4. The molecule has 3 aromatic rings. The number of alkyl halides is 1. The highest BCUT2D eigenvalue weighted by molar-refractivity contribution is 6.57. The molecule has 9 heteroatoms. The standard InChI is InChI=1S/C21H22BFN4O3/c1-12-14-7-2-3-8-15(14)16(23)11-26(12)21(28)17-9-18(13-5-4-6-13)27-20(24-17)10-19(25-27)22(29)30/h2-3,7-10,12-13,16,29-30H,4-6,11H2,1H3/t12-,16?/m1/s1. The van der Waals surface area contributed by atoms with Crippen LogP contribution in [0.2, 0.25) is 0 Å². The Balaban J connectivity index is 1.56. The van der Waals surface area contributed by atoms with Gasteiger partial charge in [0.05, 0.1) is 18.2 Å². The van der Waals surface area contributed by atoms with Crippen molar-refractivity contribution < 1.29 is 19.2 Å². The molecule has 1 amide bonds. The Labute approximate surface area is 173 Å². The van der Waals surface area contributed by atoms with Crippen molar-refractivity contribution in [2.24, 2.45) is 0 Å². The molecular formula is C21H22BFN4O3. The maximum absolute atomic E-state index is 14.8. The van der Waals surface area contributed by atoms with Crippen molar-refractivity contribution in [2.45, 2.75) is 44.3 Å². The Hall–Kier alpha value is -2.78. The molecule has 0 radical (unpaired) electrons. The molecular weight excluding hydrogens is 386 g/mol. The second-order valence-corrected chi connectivity index (χ2v) is 8.14. The number of amides is 1. The fraction of sp³-hybridized carbons (Fsp3) is 0.381. The number of hydrogen-bond acceptors (Lipinski definition) is 5. The van der Waals surface area contributed by atoms with Crippen molar-refractivity contribution in [1.82, 2.24) is 19.5 Å². The molecule has 0 saturated heterocycles. The molecule has 1 unspecified atom stereocenters. The molecule has 0 spiro atoms. The van der Waals surface area contributed by atoms with Crippen LogP contribution in [-0.4, -0.2) is 49.1 Å². The molecule has 154 valence electrons. The molecule has 30 heavy (non-hydrogen) atoms. The summed E-state index contributed by atoms with van der Waals surface area (Å²) in [7, 11) is -1.72. The maximum atomic E-state index is 14.8. The van der Waals surface area contributed by atoms with Crippen molar-refractivity contribution in [3.05, 3.63) is 58.9 Å². The zero-order valence-electron chi connectivity index (χ0n) is 16.6. The maximum Gasteiger partial charge on any atom is 0.510 e. The Kier molecular flexibility index (Phi) is 4.59. The average molecular weight is 408 g/mol. The van der Waals surface area contributed by atoms with Crippen LogP contribution in [0.4, 0.5) is 4.39 Å². The zero-order chi connectivity index (χ0) is 21.0. The molecule has 5 rings (SSSR count). The number of hydrogen-bond donors (Lipinski definition) is 2. The summed E-state index contributed by atoms with van der Waals surface area (Å²) in [6.45, 7) is 1.87. The van der Waals surface area contributed by atoms with Gasteiger partial charge in [-0.25, -0.2) is 13.9 Å². The lowest BCUT2D eigenvalue weighted by molar-refractivity contribution is 0.0584. The van der Waals surface area contributed by atoms with Crippen LogP contribution < -0.4 is 5.59 Å². The smallest absolute Gasteiger partial charge is 0.422 e. The first kappa shape index (κ1) is 19.2. The lowest BCUT2D eigenvalue weighted by Gasteiger charge is -2.37. The van der Waals surface area contributed by atoms with Gasteiger partial charge in [0, 0.05) is 17.7 Å². The van der Waals surface area contributed by atoms with E-state index in [0.29, 0.717) is 11.2 Å². The minimum Gasteiger partial charge on any atom is -0.422 e. The monoisotopic (exact) mass is 408 g/mol. The zero-order valence-corrected chi connectivity index (χ0v) is 16.6. The van der Waals surface area contributed by atoms with Gasteiger partial charge in [0.25, 0.3) is 5.91 Å². The largest absolute Gasteiger partial charge is 0.510 e. The summed E-state index contributed by atoms with van der Waals surface area (Å²) in [6.07, 6.45) is 1.80. The third kappa shape index (κ3) is 3.00. The van der Waals surface area contributed by atoms with Gasteiger partial charge < -0.3 is 14.9 Å². The SMILES string of the molecule is C[C@@H]1c2ccccc2C(F)CN1C(=O)c1cc(C2CCC2)n2nc(B(O)O)cc2n1. The number of rotatable bonds is 3. The molecule has 1 aromatic carbocycles. The van der Waals surface area contributed by atoms with E-state index in [2.05, 4.69) is 10.1 Å². The first-order chi connectivity index (χ1) is 14.4. The third-order valence-corrected chi connectivity index (χ3v) is 6.35. The van der Waals surface area contributed by atoms with Crippen molar-refractivity contribution in [3.8, 4) is 0 Å². The Morgan fingerprint density at radius 1 is 1.20 bits per heavy atom. The molecule has 1 aliphatic carbocycles. The number of aromatic nitrogens is 3. The van der Waals surface area contributed by atoms with Gasteiger partial charge in [-0.3, -0.25) is 4.79 Å². The normalized spacial score (nSPS) is 21.4. The average Bonchev–Trinajstić information content (AvgIpc) is 3.14. The van der Waals surface area contributed by atoms with E-state index in [-0.39, 0.29) is 35.7 Å². The van der Waals surface area contributed by atoms with Gasteiger partial charge in [0.1, 0.15) is 11.9 Å². The van der Waals surface area contributed by atoms with E-state index in [0.717, 1.165) is 30.5 Å². The van der Waals surface area contributed by atoms with Crippen LogP contribution in [0.5, 0.6) is 0 Å². The summed E-state index contributed by atoms with van der Waals surface area (Å²) in [6, 6.07) is 10.2. The quantitative estimate of drug-likeness (QED) is 0.647. The highest BCUT2D eigenvalue weighted by Gasteiger charge is 2.35. The molecule has 2 atom stereocenters. The lowest BCUT2D eigenvalue weighted by Crippen LogP contribution is -2.40. The van der Waals surface area contributed by atoms with Crippen LogP contribution in [0.3, 0.4) is 0 Å². The number of halogens is 1. The summed E-state index contributed by atoms with van der Waals surface area (Å²) in [5, 5.41) is 23.3. The van der Waals surface area contributed by atoms with Crippen LogP contribution in [0.25, 0.3) is 5.65 Å². The Morgan fingerprint density at radius 3 is 2.60 bits per heavy atom. The van der Waals surface area contributed by atoms with Gasteiger partial charge >= 0.3 is 7.12 Å². The van der Waals surface area contributed by atoms with E-state index in [4.69, 9.17) is 0 Å². The second-order valence-electron chi connectivity index (χ2n) is 8.14. The van der Waals surface area contributed by atoms with Crippen LogP contribution in [-0.2, 0) is 0 Å². The molecule has 1 saturated carbocycles. The number of carbonyl (C=O) groups excluding carboxylic acids is 1. The summed E-state index contributed by atoms with van der Waals surface area (Å²) in [5.41, 5.74) is 2.94. The summed E-state index contributed by atoms with van der Waals surface area (Å²) in [4.78, 5) is 19.4. The Bertz CT molecular complexity index is 1130. The first-order valence-corrected chi connectivity index (χ1v) is 10.2. The lowest BCUT2D eigenvalue weighted by atomic mass is 9.82. The molecule has 7 nitrogen and oxygen atoms in total. The van der Waals surface area contributed by atoms with Crippen LogP contribution in [0.1, 0.15) is 71.6 Å². The number of benzene rings is 1. The van der Waals surface area contributed by atoms with E-state index < -0.39 is 13.3 Å². The summed E-state index contributed by atoms with van der Waals surface area (Å²) in [5.74, 6) is -0.103. The number of carbonyl (C=O) groups is 1. The van der Waals surface area contributed by atoms with E-state index in [1.165, 1.54) is 11.0 Å². The van der Waals surface area contributed by atoms with Crippen molar-refractivity contribution >= 4 is 24.3 Å². The van der Waals surface area contributed by atoms with E-state index >= 15 is 0 Å². The third-order valence-electron chi connectivity index (χ3n) is 6.35. The minimum atomic E-state index is -1.72. The molecule has 3 heterocycles. The van der Waals surface area contributed by atoms with Crippen LogP contribution in [0, 0.1) is 0 Å². The molecule has 1 aliphatic heterocycles. The predicted octanol–water partition coefficient (Wildman–Crippen LogP) is 1.90. The highest BCUT2D eigenvalue weighted by atomic mass is 19.1. The van der Waals surface area contributed by atoms with E-state index in [1.807, 2.05) is 25.1 Å². The molecule has 0 bridgehead atoms. The molecule has 1 fully saturated rings. The van der Waals surface area contributed by atoms with Gasteiger partial charge in [0.2, 0.25) is 0 Å². The van der Waals surface area contributed by atoms with Gasteiger partial charge in [0.15, 0.2) is 5.65 Å². The topological polar surface area (TPSA) is 91.0 Å². The van der Waals surface area contributed by atoms with Crippen LogP contribution in [0.15, 0.2) is 36.4 Å². The van der Waals surface area contributed by atoms with Gasteiger partial charge in [-0.2, -0.15) is 5.10 Å². The summed E-state index contributed by atoms with van der Waals surface area (Å²) >= 11 is 0. The number of nitrogens with zero attached hydrogens (tertiary/aromatic N) is 4. The fourth-order valence-corrected chi connectivity index (χ4v) is 4.43. The second kappa shape index (κ2) is 7.18. The van der Waals surface area contributed by atoms with E-state index in [1.54, 1.807) is 16.6 Å². The number of fused-ring (bicyclic) bond motifs is 2. The predicted molar refractivity (Wildman–Crippen MR) is 109 cm³/mol. The van der Waals surface area contributed by atoms with Crippen molar-refractivity contribution in [2.75, 3.05) is 6.54 Å².